The second-order valence-electron chi connectivity index (χ2n) is 5.68. The molecule has 1 fully saturated rings. The van der Waals surface area contributed by atoms with Gasteiger partial charge in [0.15, 0.2) is 11.5 Å². The van der Waals surface area contributed by atoms with Gasteiger partial charge in [-0.1, -0.05) is 12.1 Å². The summed E-state index contributed by atoms with van der Waals surface area (Å²) in [5.41, 5.74) is 1.15. The highest BCUT2D eigenvalue weighted by Crippen LogP contribution is 2.33. The van der Waals surface area contributed by atoms with Gasteiger partial charge < -0.3 is 24.4 Å². The lowest BCUT2D eigenvalue weighted by atomic mass is 10.1. The number of ether oxygens (including phenoxy) is 3. The smallest absolute Gasteiger partial charge is 0.165 e. The second kappa shape index (κ2) is 7.11. The van der Waals surface area contributed by atoms with Crippen molar-refractivity contribution in [3.05, 3.63) is 23.8 Å². The van der Waals surface area contributed by atoms with Crippen molar-refractivity contribution in [1.29, 1.82) is 0 Å². The fourth-order valence-electron chi connectivity index (χ4n) is 2.75. The van der Waals surface area contributed by atoms with Crippen molar-refractivity contribution >= 4 is 0 Å². The highest BCUT2D eigenvalue weighted by atomic mass is 16.5. The number of hydrogen-bond donors (Lipinski definition) is 1. The molecule has 0 bridgehead atoms. The number of fused-ring (bicyclic) bond motifs is 1. The van der Waals surface area contributed by atoms with E-state index in [1.54, 1.807) is 0 Å². The summed E-state index contributed by atoms with van der Waals surface area (Å²) in [5, 5.41) is 3.48. The van der Waals surface area contributed by atoms with E-state index in [-0.39, 0.29) is 6.10 Å². The first-order chi connectivity index (χ1) is 10.3. The van der Waals surface area contributed by atoms with E-state index < -0.39 is 0 Å². The van der Waals surface area contributed by atoms with Crippen LogP contribution in [-0.2, 0) is 11.3 Å². The first-order valence-corrected chi connectivity index (χ1v) is 7.71. The average Bonchev–Trinajstić information content (AvgIpc) is 2.73. The standard InChI is InChI=1S/C16H24N2O3/c1-18-6-9-19-14(12-18)11-17-10-13-4-2-5-15-16(13)21-8-3-7-20-15/h2,4-5,14,17H,3,6-12H2,1H3. The minimum Gasteiger partial charge on any atom is -0.490 e. The molecule has 0 aliphatic carbocycles. The van der Waals surface area contributed by atoms with Gasteiger partial charge in [-0.3, -0.25) is 0 Å². The summed E-state index contributed by atoms with van der Waals surface area (Å²) in [6.45, 7) is 5.91. The molecule has 0 spiro atoms. The first kappa shape index (κ1) is 14.6. The molecule has 3 rings (SSSR count). The van der Waals surface area contributed by atoms with Gasteiger partial charge in [-0.15, -0.1) is 0 Å². The lowest BCUT2D eigenvalue weighted by Crippen LogP contribution is -2.44. The van der Waals surface area contributed by atoms with Crippen LogP contribution in [0.5, 0.6) is 11.5 Å². The normalized spacial score (nSPS) is 22.8. The van der Waals surface area contributed by atoms with Gasteiger partial charge in [0.25, 0.3) is 0 Å². The molecule has 1 aromatic rings. The SMILES string of the molecule is CN1CCOC(CNCc2cccc3c2OCCCO3)C1. The highest BCUT2D eigenvalue weighted by molar-refractivity contribution is 5.47. The van der Waals surface area contributed by atoms with Crippen LogP contribution < -0.4 is 14.8 Å². The highest BCUT2D eigenvalue weighted by Gasteiger charge is 2.18. The summed E-state index contributed by atoms with van der Waals surface area (Å²) in [4.78, 5) is 2.31. The number of hydrogen-bond acceptors (Lipinski definition) is 5. The Morgan fingerprint density at radius 2 is 2.14 bits per heavy atom. The summed E-state index contributed by atoms with van der Waals surface area (Å²) >= 11 is 0. The number of benzene rings is 1. The van der Waals surface area contributed by atoms with Crippen LogP contribution in [0.25, 0.3) is 0 Å². The van der Waals surface area contributed by atoms with E-state index in [0.717, 1.165) is 69.5 Å². The molecule has 1 atom stereocenters. The quantitative estimate of drug-likeness (QED) is 0.905. The summed E-state index contributed by atoms with van der Waals surface area (Å²) in [6, 6.07) is 6.09. The Morgan fingerprint density at radius 1 is 1.24 bits per heavy atom. The summed E-state index contributed by atoms with van der Waals surface area (Å²) in [7, 11) is 2.14. The zero-order chi connectivity index (χ0) is 14.5. The molecule has 21 heavy (non-hydrogen) atoms. The van der Waals surface area contributed by atoms with E-state index in [9.17, 15) is 0 Å². The van der Waals surface area contributed by atoms with Crippen LogP contribution in [0.4, 0.5) is 0 Å². The first-order valence-electron chi connectivity index (χ1n) is 7.71. The lowest BCUT2D eigenvalue weighted by Gasteiger charge is -2.30. The van der Waals surface area contributed by atoms with E-state index in [0.29, 0.717) is 0 Å². The van der Waals surface area contributed by atoms with Crippen LogP contribution in [0.3, 0.4) is 0 Å². The Hall–Kier alpha value is -1.30. The van der Waals surface area contributed by atoms with Crippen molar-refractivity contribution in [3.8, 4) is 11.5 Å². The molecular weight excluding hydrogens is 268 g/mol. The van der Waals surface area contributed by atoms with Gasteiger partial charge in [-0.05, 0) is 13.1 Å². The van der Waals surface area contributed by atoms with E-state index >= 15 is 0 Å². The molecule has 116 valence electrons. The van der Waals surface area contributed by atoms with Crippen molar-refractivity contribution in [2.45, 2.75) is 19.1 Å². The maximum atomic E-state index is 5.83. The van der Waals surface area contributed by atoms with Crippen molar-refractivity contribution in [2.24, 2.45) is 0 Å². The van der Waals surface area contributed by atoms with Gasteiger partial charge >= 0.3 is 0 Å². The number of morpholine rings is 1. The number of para-hydroxylation sites is 1. The molecule has 2 aliphatic heterocycles. The molecule has 0 aromatic heterocycles. The Kier molecular flexibility index (Phi) is 4.95. The number of likely N-dealkylation sites (N-methyl/N-ethyl adjacent to an activating group) is 1. The molecule has 5 heteroatoms. The predicted molar refractivity (Wildman–Crippen MR) is 81.0 cm³/mol. The third-order valence-electron chi connectivity index (χ3n) is 3.88. The molecule has 0 saturated carbocycles. The molecule has 1 saturated heterocycles. The van der Waals surface area contributed by atoms with Gasteiger partial charge in [0, 0.05) is 38.2 Å². The molecular formula is C16H24N2O3. The maximum absolute atomic E-state index is 5.83. The molecule has 5 nitrogen and oxygen atoms in total. The molecule has 1 unspecified atom stereocenters. The van der Waals surface area contributed by atoms with Crippen molar-refractivity contribution in [2.75, 3.05) is 46.5 Å². The average molecular weight is 292 g/mol. The third-order valence-corrected chi connectivity index (χ3v) is 3.88. The largest absolute Gasteiger partial charge is 0.490 e. The second-order valence-corrected chi connectivity index (χ2v) is 5.68. The van der Waals surface area contributed by atoms with E-state index in [1.807, 2.05) is 12.1 Å². The molecule has 2 aliphatic rings. The Balaban J connectivity index is 1.55. The van der Waals surface area contributed by atoms with Crippen LogP contribution in [0, 0.1) is 0 Å². The van der Waals surface area contributed by atoms with Crippen LogP contribution >= 0.6 is 0 Å². The van der Waals surface area contributed by atoms with Crippen molar-refractivity contribution in [3.63, 3.8) is 0 Å². The van der Waals surface area contributed by atoms with Crippen molar-refractivity contribution < 1.29 is 14.2 Å². The molecule has 0 radical (unpaired) electrons. The maximum Gasteiger partial charge on any atom is 0.165 e. The van der Waals surface area contributed by atoms with Crippen molar-refractivity contribution in [1.82, 2.24) is 10.2 Å². The molecule has 2 heterocycles. The number of rotatable bonds is 4. The summed E-state index contributed by atoms with van der Waals surface area (Å²) in [5.74, 6) is 1.75. The summed E-state index contributed by atoms with van der Waals surface area (Å²) in [6.07, 6.45) is 1.20. The van der Waals surface area contributed by atoms with E-state index in [4.69, 9.17) is 14.2 Å². The van der Waals surface area contributed by atoms with Crippen LogP contribution in [0.1, 0.15) is 12.0 Å². The lowest BCUT2D eigenvalue weighted by molar-refractivity contribution is -0.0182. The zero-order valence-electron chi connectivity index (χ0n) is 12.6. The fourth-order valence-corrected chi connectivity index (χ4v) is 2.75. The van der Waals surface area contributed by atoms with Crippen LogP contribution in [-0.4, -0.2) is 57.5 Å². The van der Waals surface area contributed by atoms with Gasteiger partial charge in [0.1, 0.15) is 0 Å². The molecule has 1 N–H and O–H groups in total. The van der Waals surface area contributed by atoms with Gasteiger partial charge in [-0.25, -0.2) is 0 Å². The Labute approximate surface area is 126 Å². The Morgan fingerprint density at radius 3 is 3.05 bits per heavy atom. The zero-order valence-corrected chi connectivity index (χ0v) is 12.6. The minimum atomic E-state index is 0.267. The fraction of sp³-hybridized carbons (Fsp3) is 0.625. The van der Waals surface area contributed by atoms with Crippen LogP contribution in [0.15, 0.2) is 18.2 Å². The monoisotopic (exact) mass is 292 g/mol. The molecule has 1 aromatic carbocycles. The Bertz CT molecular complexity index is 467. The topological polar surface area (TPSA) is 43.0 Å². The van der Waals surface area contributed by atoms with Crippen LogP contribution in [0.2, 0.25) is 0 Å². The van der Waals surface area contributed by atoms with E-state index in [2.05, 4.69) is 23.3 Å². The van der Waals surface area contributed by atoms with E-state index in [1.165, 1.54) is 0 Å². The van der Waals surface area contributed by atoms with Gasteiger partial charge in [0.2, 0.25) is 0 Å². The van der Waals surface area contributed by atoms with Gasteiger partial charge in [-0.2, -0.15) is 0 Å². The molecule has 0 amide bonds. The third kappa shape index (κ3) is 3.87. The van der Waals surface area contributed by atoms with Gasteiger partial charge in [0.05, 0.1) is 25.9 Å². The predicted octanol–water partition coefficient (Wildman–Crippen LogP) is 1.27. The number of nitrogens with zero attached hydrogens (tertiary/aromatic N) is 1. The summed E-state index contributed by atoms with van der Waals surface area (Å²) < 4.78 is 17.3. The minimum absolute atomic E-state index is 0.267. The number of nitrogens with one attached hydrogen (secondary N) is 1.